The Morgan fingerprint density at radius 2 is 2.00 bits per heavy atom. The first kappa shape index (κ1) is 13.9. The summed E-state index contributed by atoms with van der Waals surface area (Å²) in [4.78, 5) is 10.9. The monoisotopic (exact) mass is 353 g/mol. The number of fused-ring (bicyclic) bond motifs is 1. The molecule has 3 rings (SSSR count). The normalized spacial score (nSPS) is 13.8. The van der Waals surface area contributed by atoms with Crippen molar-refractivity contribution < 1.29 is 23.9 Å². The molecule has 1 aromatic carbocycles. The fourth-order valence-corrected chi connectivity index (χ4v) is 2.70. The van der Waals surface area contributed by atoms with E-state index < -0.39 is 5.97 Å². The van der Waals surface area contributed by atoms with Gasteiger partial charge in [-0.15, -0.1) is 0 Å². The minimum absolute atomic E-state index is 0.132. The van der Waals surface area contributed by atoms with Crippen molar-refractivity contribution in [2.24, 2.45) is 0 Å². The Labute approximate surface area is 128 Å². The van der Waals surface area contributed by atoms with E-state index in [9.17, 15) is 4.79 Å². The van der Waals surface area contributed by atoms with Crippen LogP contribution in [0.5, 0.6) is 11.5 Å². The van der Waals surface area contributed by atoms with Crippen molar-refractivity contribution in [3.8, 4) is 22.8 Å². The molecule has 0 saturated carbocycles. The number of aromatic carboxylic acids is 1. The zero-order chi connectivity index (χ0) is 15.0. The Bertz CT molecular complexity index is 710. The molecule has 21 heavy (non-hydrogen) atoms. The van der Waals surface area contributed by atoms with Gasteiger partial charge in [0.25, 0.3) is 0 Å². The molecule has 0 fully saturated rings. The number of rotatable bonds is 2. The number of carboxylic acids is 1. The zero-order valence-corrected chi connectivity index (χ0v) is 12.8. The van der Waals surface area contributed by atoms with E-state index in [2.05, 4.69) is 21.1 Å². The maximum atomic E-state index is 10.9. The van der Waals surface area contributed by atoms with E-state index in [1.165, 1.54) is 6.07 Å². The van der Waals surface area contributed by atoms with Crippen LogP contribution in [0.25, 0.3) is 11.3 Å². The summed E-state index contributed by atoms with van der Waals surface area (Å²) in [6.45, 7) is 3.04. The molecule has 0 amide bonds. The van der Waals surface area contributed by atoms with Crippen LogP contribution in [0.3, 0.4) is 0 Å². The van der Waals surface area contributed by atoms with Gasteiger partial charge >= 0.3 is 5.97 Å². The van der Waals surface area contributed by atoms with Crippen LogP contribution < -0.4 is 9.47 Å². The van der Waals surface area contributed by atoms with Gasteiger partial charge in [-0.2, -0.15) is 0 Å². The predicted octanol–water partition coefficient (Wildman–Crippen LogP) is 3.27. The van der Waals surface area contributed by atoms with Crippen molar-refractivity contribution in [2.45, 2.75) is 13.3 Å². The molecule has 6 nitrogen and oxygen atoms in total. The number of benzene rings is 1. The van der Waals surface area contributed by atoms with Gasteiger partial charge in [-0.05, 0) is 28.9 Å². The molecule has 1 aliphatic rings. The molecule has 0 bridgehead atoms. The number of halogens is 1. The van der Waals surface area contributed by atoms with Gasteiger partial charge in [0.1, 0.15) is 0 Å². The highest BCUT2D eigenvalue weighted by Gasteiger charge is 2.22. The maximum absolute atomic E-state index is 10.9. The van der Waals surface area contributed by atoms with Crippen LogP contribution in [0, 0.1) is 6.92 Å². The van der Waals surface area contributed by atoms with Gasteiger partial charge in [0.15, 0.2) is 23.0 Å². The van der Waals surface area contributed by atoms with Crippen molar-refractivity contribution in [3.05, 3.63) is 27.9 Å². The number of aromatic nitrogens is 1. The van der Waals surface area contributed by atoms with Crippen LogP contribution >= 0.6 is 15.9 Å². The van der Waals surface area contributed by atoms with Gasteiger partial charge in [-0.3, -0.25) is 0 Å². The van der Waals surface area contributed by atoms with Gasteiger partial charge in [0.2, 0.25) is 0 Å². The van der Waals surface area contributed by atoms with E-state index in [1.807, 2.05) is 13.0 Å². The van der Waals surface area contributed by atoms with E-state index in [1.54, 1.807) is 0 Å². The van der Waals surface area contributed by atoms with Crippen LogP contribution in [0.2, 0.25) is 0 Å². The van der Waals surface area contributed by atoms with Gasteiger partial charge in [0, 0.05) is 23.6 Å². The lowest BCUT2D eigenvalue weighted by atomic mass is 10.0. The molecular weight excluding hydrogens is 342 g/mol. The van der Waals surface area contributed by atoms with Crippen molar-refractivity contribution in [1.29, 1.82) is 0 Å². The van der Waals surface area contributed by atoms with Crippen LogP contribution in [-0.2, 0) is 0 Å². The molecule has 2 heterocycles. The summed E-state index contributed by atoms with van der Waals surface area (Å²) in [6, 6.07) is 3.20. The predicted molar refractivity (Wildman–Crippen MR) is 76.9 cm³/mol. The number of nitrogens with zero attached hydrogens (tertiary/aromatic N) is 1. The molecular formula is C14H12BrNO5. The average Bonchev–Trinajstić information content (AvgIpc) is 2.80. The molecule has 1 N–H and O–H groups in total. The highest BCUT2D eigenvalue weighted by atomic mass is 79.9. The quantitative estimate of drug-likeness (QED) is 0.891. The molecule has 0 aliphatic carbocycles. The lowest BCUT2D eigenvalue weighted by Crippen LogP contribution is -1.98. The van der Waals surface area contributed by atoms with E-state index >= 15 is 0 Å². The van der Waals surface area contributed by atoms with E-state index in [-0.39, 0.29) is 5.69 Å². The van der Waals surface area contributed by atoms with E-state index in [0.717, 1.165) is 16.5 Å². The second kappa shape index (κ2) is 5.40. The fourth-order valence-electron chi connectivity index (χ4n) is 2.18. The molecule has 0 saturated heterocycles. The zero-order valence-electron chi connectivity index (χ0n) is 11.2. The standard InChI is InChI=1S/C14H12BrNO5/c1-7-8(11-6-10(14(17)18)16-21-11)5-9(15)13-12(7)19-3-2-4-20-13/h5-6H,2-4H2,1H3,(H,17,18). The summed E-state index contributed by atoms with van der Waals surface area (Å²) in [5.41, 5.74) is 1.40. The molecule has 110 valence electrons. The smallest absolute Gasteiger partial charge is 0.358 e. The van der Waals surface area contributed by atoms with Crippen molar-refractivity contribution in [1.82, 2.24) is 5.16 Å². The Morgan fingerprint density at radius 3 is 2.67 bits per heavy atom. The summed E-state index contributed by atoms with van der Waals surface area (Å²) >= 11 is 3.45. The second-order valence-electron chi connectivity index (χ2n) is 4.62. The molecule has 2 aromatic rings. The van der Waals surface area contributed by atoms with Gasteiger partial charge in [-0.25, -0.2) is 4.79 Å². The summed E-state index contributed by atoms with van der Waals surface area (Å²) in [7, 11) is 0. The molecule has 1 aliphatic heterocycles. The number of ether oxygens (including phenoxy) is 2. The summed E-state index contributed by atoms with van der Waals surface area (Å²) in [5.74, 6) is 0.550. The van der Waals surface area contributed by atoms with E-state index in [0.29, 0.717) is 36.0 Å². The van der Waals surface area contributed by atoms with Crippen LogP contribution in [0.1, 0.15) is 22.5 Å². The lowest BCUT2D eigenvalue weighted by Gasteiger charge is -2.14. The van der Waals surface area contributed by atoms with Gasteiger partial charge < -0.3 is 19.1 Å². The third kappa shape index (κ3) is 2.49. The topological polar surface area (TPSA) is 81.8 Å². The molecule has 7 heteroatoms. The Morgan fingerprint density at radius 1 is 1.29 bits per heavy atom. The second-order valence-corrected chi connectivity index (χ2v) is 5.48. The largest absolute Gasteiger partial charge is 0.489 e. The first-order valence-corrected chi connectivity index (χ1v) is 7.16. The van der Waals surface area contributed by atoms with Crippen LogP contribution in [0.4, 0.5) is 0 Å². The minimum atomic E-state index is -1.13. The van der Waals surface area contributed by atoms with Crippen molar-refractivity contribution in [3.63, 3.8) is 0 Å². The van der Waals surface area contributed by atoms with Crippen LogP contribution in [0.15, 0.2) is 21.1 Å². The van der Waals surface area contributed by atoms with E-state index in [4.69, 9.17) is 19.1 Å². The average molecular weight is 354 g/mol. The van der Waals surface area contributed by atoms with Crippen molar-refractivity contribution in [2.75, 3.05) is 13.2 Å². The van der Waals surface area contributed by atoms with Gasteiger partial charge in [-0.1, -0.05) is 5.16 Å². The Balaban J connectivity index is 2.12. The molecule has 0 radical (unpaired) electrons. The molecule has 0 unspecified atom stereocenters. The first-order chi connectivity index (χ1) is 10.1. The Kier molecular flexibility index (Phi) is 3.59. The molecule has 0 spiro atoms. The highest BCUT2D eigenvalue weighted by Crippen LogP contribution is 2.44. The maximum Gasteiger partial charge on any atom is 0.358 e. The molecule has 0 atom stereocenters. The third-order valence-electron chi connectivity index (χ3n) is 3.22. The molecule has 1 aromatic heterocycles. The summed E-state index contributed by atoms with van der Waals surface area (Å²) in [6.07, 6.45) is 0.807. The highest BCUT2D eigenvalue weighted by molar-refractivity contribution is 9.10. The van der Waals surface area contributed by atoms with Gasteiger partial charge in [0.05, 0.1) is 17.7 Å². The number of carboxylic acid groups (broad SMARTS) is 1. The minimum Gasteiger partial charge on any atom is -0.489 e. The summed E-state index contributed by atoms with van der Waals surface area (Å²) in [5, 5.41) is 12.5. The van der Waals surface area contributed by atoms with Crippen molar-refractivity contribution >= 4 is 21.9 Å². The first-order valence-electron chi connectivity index (χ1n) is 6.37. The summed E-state index contributed by atoms with van der Waals surface area (Å²) < 4.78 is 17.3. The Hall–Kier alpha value is -2.02. The fraction of sp³-hybridized carbons (Fsp3) is 0.286. The number of hydrogen-bond acceptors (Lipinski definition) is 5. The van der Waals surface area contributed by atoms with Crippen LogP contribution in [-0.4, -0.2) is 29.4 Å². The third-order valence-corrected chi connectivity index (χ3v) is 3.80. The lowest BCUT2D eigenvalue weighted by molar-refractivity contribution is 0.0686. The number of hydrogen-bond donors (Lipinski definition) is 1. The number of carbonyl (C=O) groups is 1. The SMILES string of the molecule is Cc1c(-c2cc(C(=O)O)no2)cc(Br)c2c1OCCCO2.